The van der Waals surface area contributed by atoms with E-state index in [9.17, 15) is 18.3 Å². The van der Waals surface area contributed by atoms with Gasteiger partial charge >= 0.3 is 6.36 Å². The molecule has 2 atom stereocenters. The number of hydrogen-bond acceptors (Lipinski definition) is 4. The minimum absolute atomic E-state index is 0.175. The molecule has 0 aromatic carbocycles. The largest absolute Gasteiger partial charge is 0.522 e. The molecule has 1 saturated heterocycles. The maximum atomic E-state index is 12.2. The zero-order valence-electron chi connectivity index (χ0n) is 12.5. The van der Waals surface area contributed by atoms with Crippen molar-refractivity contribution < 1.29 is 27.8 Å². The predicted molar refractivity (Wildman–Crippen MR) is 70.2 cm³/mol. The lowest BCUT2D eigenvalue weighted by Gasteiger charge is -2.46. The highest BCUT2D eigenvalue weighted by atomic mass is 19.4. The van der Waals surface area contributed by atoms with Crippen LogP contribution in [0.15, 0.2) is 0 Å². The summed E-state index contributed by atoms with van der Waals surface area (Å²) in [4.78, 5) is 0. The van der Waals surface area contributed by atoms with Crippen LogP contribution in [0.3, 0.4) is 0 Å². The molecule has 1 saturated carbocycles. The summed E-state index contributed by atoms with van der Waals surface area (Å²) in [7, 11) is 0. The number of nitrogens with one attached hydrogen (secondary N) is 1. The molecule has 0 aromatic heterocycles. The average molecular weight is 311 g/mol. The Balaban J connectivity index is 1.87. The standard InChI is InChI=1S/C14H24F3NO3/c1-10-5-8-20-12(2,9-10)18-13(19)6-3-11(4-7-13)21-14(15,16)17/h10-11,18-19H,3-9H2,1-2H3. The van der Waals surface area contributed by atoms with Crippen LogP contribution in [0, 0.1) is 5.92 Å². The van der Waals surface area contributed by atoms with Crippen molar-refractivity contribution in [1.82, 2.24) is 5.32 Å². The second-order valence-electron chi connectivity index (χ2n) is 6.60. The topological polar surface area (TPSA) is 50.7 Å². The molecule has 1 heterocycles. The Morgan fingerprint density at radius 2 is 1.86 bits per heavy atom. The molecule has 0 bridgehead atoms. The maximum absolute atomic E-state index is 12.2. The molecular formula is C14H24F3NO3. The molecule has 0 aromatic rings. The number of alkyl halides is 3. The summed E-state index contributed by atoms with van der Waals surface area (Å²) in [6.07, 6.45) is -2.92. The van der Waals surface area contributed by atoms with Gasteiger partial charge in [-0.2, -0.15) is 0 Å². The van der Waals surface area contributed by atoms with E-state index in [4.69, 9.17) is 4.74 Å². The average Bonchev–Trinajstić information content (AvgIpc) is 2.29. The van der Waals surface area contributed by atoms with E-state index in [1.54, 1.807) is 0 Å². The maximum Gasteiger partial charge on any atom is 0.522 e. The lowest BCUT2D eigenvalue weighted by atomic mass is 9.86. The molecule has 2 unspecified atom stereocenters. The summed E-state index contributed by atoms with van der Waals surface area (Å²) in [5.74, 6) is 0.491. The van der Waals surface area contributed by atoms with Crippen LogP contribution in [-0.4, -0.2) is 35.6 Å². The Morgan fingerprint density at radius 3 is 2.38 bits per heavy atom. The third kappa shape index (κ3) is 5.09. The molecule has 2 N–H and O–H groups in total. The van der Waals surface area contributed by atoms with Gasteiger partial charge < -0.3 is 9.84 Å². The van der Waals surface area contributed by atoms with E-state index in [-0.39, 0.29) is 25.7 Å². The Kier molecular flexibility index (Phi) is 4.87. The first kappa shape index (κ1) is 17.0. The second kappa shape index (κ2) is 6.02. The molecule has 124 valence electrons. The number of aliphatic hydroxyl groups is 1. The Hall–Kier alpha value is -0.370. The van der Waals surface area contributed by atoms with Crippen LogP contribution in [0.5, 0.6) is 0 Å². The van der Waals surface area contributed by atoms with E-state index < -0.39 is 23.9 Å². The van der Waals surface area contributed by atoms with Gasteiger partial charge in [-0.05, 0) is 51.4 Å². The van der Waals surface area contributed by atoms with E-state index in [1.807, 2.05) is 6.92 Å². The van der Waals surface area contributed by atoms with Crippen LogP contribution < -0.4 is 5.32 Å². The fourth-order valence-electron chi connectivity index (χ4n) is 3.39. The van der Waals surface area contributed by atoms with E-state index in [2.05, 4.69) is 17.0 Å². The lowest BCUT2D eigenvalue weighted by Crippen LogP contribution is -2.61. The summed E-state index contributed by atoms with van der Waals surface area (Å²) in [5, 5.41) is 13.7. The predicted octanol–water partition coefficient (Wildman–Crippen LogP) is 2.91. The van der Waals surface area contributed by atoms with Crippen molar-refractivity contribution in [3.05, 3.63) is 0 Å². The van der Waals surface area contributed by atoms with Gasteiger partial charge in [0.25, 0.3) is 0 Å². The van der Waals surface area contributed by atoms with Crippen LogP contribution in [-0.2, 0) is 9.47 Å². The first-order valence-electron chi connectivity index (χ1n) is 7.49. The van der Waals surface area contributed by atoms with Gasteiger partial charge in [0.2, 0.25) is 0 Å². The minimum atomic E-state index is -4.61. The van der Waals surface area contributed by atoms with Crippen molar-refractivity contribution >= 4 is 0 Å². The van der Waals surface area contributed by atoms with Crippen molar-refractivity contribution in [2.45, 2.75) is 76.3 Å². The quantitative estimate of drug-likeness (QED) is 0.787. The molecule has 1 aliphatic carbocycles. The van der Waals surface area contributed by atoms with Gasteiger partial charge in [-0.3, -0.25) is 10.1 Å². The number of rotatable bonds is 3. The van der Waals surface area contributed by atoms with Crippen LogP contribution in [0.25, 0.3) is 0 Å². The van der Waals surface area contributed by atoms with Gasteiger partial charge in [-0.1, -0.05) is 6.92 Å². The molecule has 4 nitrogen and oxygen atoms in total. The van der Waals surface area contributed by atoms with Crippen LogP contribution in [0.4, 0.5) is 13.2 Å². The van der Waals surface area contributed by atoms with Gasteiger partial charge in [0.05, 0.1) is 6.10 Å². The highest BCUT2D eigenvalue weighted by molar-refractivity contribution is 4.91. The molecule has 7 heteroatoms. The molecule has 0 amide bonds. The van der Waals surface area contributed by atoms with Crippen molar-refractivity contribution in [2.24, 2.45) is 5.92 Å². The molecule has 2 aliphatic rings. The zero-order chi connectivity index (χ0) is 15.7. The smallest absolute Gasteiger partial charge is 0.376 e. The number of halogens is 3. The van der Waals surface area contributed by atoms with Crippen LogP contribution >= 0.6 is 0 Å². The van der Waals surface area contributed by atoms with E-state index >= 15 is 0 Å². The third-order valence-corrected chi connectivity index (χ3v) is 4.33. The molecule has 2 fully saturated rings. The highest BCUT2D eigenvalue weighted by Gasteiger charge is 2.43. The first-order chi connectivity index (χ1) is 9.59. The molecule has 0 radical (unpaired) electrons. The normalized spacial score (nSPS) is 42.0. The van der Waals surface area contributed by atoms with E-state index in [1.165, 1.54) is 0 Å². The van der Waals surface area contributed by atoms with E-state index in [0.29, 0.717) is 12.5 Å². The first-order valence-corrected chi connectivity index (χ1v) is 7.49. The molecule has 21 heavy (non-hydrogen) atoms. The number of ether oxygens (including phenoxy) is 2. The van der Waals surface area contributed by atoms with Crippen LogP contribution in [0.1, 0.15) is 52.4 Å². The Morgan fingerprint density at radius 1 is 1.24 bits per heavy atom. The SMILES string of the molecule is CC1CCOC(C)(NC2(O)CCC(OC(F)(F)F)CC2)C1. The third-order valence-electron chi connectivity index (χ3n) is 4.33. The van der Waals surface area contributed by atoms with Crippen molar-refractivity contribution in [3.8, 4) is 0 Å². The summed E-state index contributed by atoms with van der Waals surface area (Å²) >= 11 is 0. The summed E-state index contributed by atoms with van der Waals surface area (Å²) < 4.78 is 46.3. The fraction of sp³-hybridized carbons (Fsp3) is 1.00. The molecule has 1 aliphatic heterocycles. The summed E-state index contributed by atoms with van der Waals surface area (Å²) in [6.45, 7) is 4.64. The van der Waals surface area contributed by atoms with Gasteiger partial charge in [0.15, 0.2) is 0 Å². The Labute approximate surface area is 123 Å². The summed E-state index contributed by atoms with van der Waals surface area (Å²) in [6, 6.07) is 0. The van der Waals surface area contributed by atoms with Gasteiger partial charge in [-0.25, -0.2) is 0 Å². The fourth-order valence-corrected chi connectivity index (χ4v) is 3.39. The number of hydrogen-bond donors (Lipinski definition) is 2. The van der Waals surface area contributed by atoms with Crippen molar-refractivity contribution in [2.75, 3.05) is 6.61 Å². The van der Waals surface area contributed by atoms with Gasteiger partial charge in [0.1, 0.15) is 11.4 Å². The molecule has 0 spiro atoms. The van der Waals surface area contributed by atoms with E-state index in [0.717, 1.165) is 12.8 Å². The van der Waals surface area contributed by atoms with Gasteiger partial charge in [-0.15, -0.1) is 13.2 Å². The second-order valence-corrected chi connectivity index (χ2v) is 6.60. The van der Waals surface area contributed by atoms with Crippen molar-refractivity contribution in [1.29, 1.82) is 0 Å². The monoisotopic (exact) mass is 311 g/mol. The van der Waals surface area contributed by atoms with Crippen LogP contribution in [0.2, 0.25) is 0 Å². The van der Waals surface area contributed by atoms with Gasteiger partial charge in [0, 0.05) is 6.61 Å². The summed E-state index contributed by atoms with van der Waals surface area (Å²) in [5.41, 5.74) is -1.80. The van der Waals surface area contributed by atoms with Crippen molar-refractivity contribution in [3.63, 3.8) is 0 Å². The Bertz CT molecular complexity index is 356. The molecular weight excluding hydrogens is 287 g/mol. The molecule has 2 rings (SSSR count). The lowest BCUT2D eigenvalue weighted by molar-refractivity contribution is -0.348. The minimum Gasteiger partial charge on any atom is -0.376 e. The highest BCUT2D eigenvalue weighted by Crippen LogP contribution is 2.35. The zero-order valence-corrected chi connectivity index (χ0v) is 12.5.